The van der Waals surface area contributed by atoms with Gasteiger partial charge in [-0.05, 0) is 36.8 Å². The van der Waals surface area contributed by atoms with Crippen molar-refractivity contribution in [2.45, 2.75) is 13.0 Å². The van der Waals surface area contributed by atoms with Gasteiger partial charge in [0.2, 0.25) is 0 Å². The van der Waals surface area contributed by atoms with Gasteiger partial charge in [0.1, 0.15) is 5.82 Å². The smallest absolute Gasteiger partial charge is 0.305 e. The summed E-state index contributed by atoms with van der Waals surface area (Å²) in [5.41, 5.74) is 4.89. The SMILES string of the molecule is C[C@@H](NCC(=O)NNC(=O)c1ccco1)c1cc(F)c(Cl)cc1Cl. The highest BCUT2D eigenvalue weighted by Gasteiger charge is 2.15. The second-order valence-corrected chi connectivity index (χ2v) is 5.68. The van der Waals surface area contributed by atoms with E-state index in [9.17, 15) is 14.0 Å². The molecule has 2 amide bonds. The van der Waals surface area contributed by atoms with Gasteiger partial charge in [0.05, 0.1) is 17.8 Å². The van der Waals surface area contributed by atoms with E-state index in [2.05, 4.69) is 16.2 Å². The van der Waals surface area contributed by atoms with Gasteiger partial charge < -0.3 is 9.73 Å². The number of hydrogen-bond donors (Lipinski definition) is 3. The molecule has 2 aromatic rings. The third-order valence-corrected chi connectivity index (χ3v) is 3.75. The van der Waals surface area contributed by atoms with E-state index in [0.717, 1.165) is 0 Å². The Labute approximate surface area is 147 Å². The molecular weight excluding hydrogens is 360 g/mol. The number of carbonyl (C=O) groups is 2. The molecule has 0 fully saturated rings. The summed E-state index contributed by atoms with van der Waals surface area (Å²) in [4.78, 5) is 23.3. The lowest BCUT2D eigenvalue weighted by molar-refractivity contribution is -0.121. The van der Waals surface area contributed by atoms with Crippen LogP contribution in [0.4, 0.5) is 4.39 Å². The van der Waals surface area contributed by atoms with Gasteiger partial charge in [0.25, 0.3) is 5.91 Å². The first-order valence-electron chi connectivity index (χ1n) is 6.89. The number of nitrogens with one attached hydrogen (secondary N) is 3. The van der Waals surface area contributed by atoms with Crippen LogP contribution in [0.1, 0.15) is 29.1 Å². The molecule has 0 bridgehead atoms. The van der Waals surface area contributed by atoms with Gasteiger partial charge in [0.15, 0.2) is 5.76 Å². The molecule has 3 N–H and O–H groups in total. The average Bonchev–Trinajstić information content (AvgIpc) is 3.08. The summed E-state index contributed by atoms with van der Waals surface area (Å²) >= 11 is 11.7. The fourth-order valence-corrected chi connectivity index (χ4v) is 2.41. The second-order valence-electron chi connectivity index (χ2n) is 4.87. The minimum absolute atomic E-state index is 0.0695. The molecule has 24 heavy (non-hydrogen) atoms. The molecular formula is C15H14Cl2FN3O3. The molecule has 0 aliphatic carbocycles. The monoisotopic (exact) mass is 373 g/mol. The topological polar surface area (TPSA) is 83.4 Å². The predicted molar refractivity (Wildman–Crippen MR) is 87.2 cm³/mol. The number of benzene rings is 1. The van der Waals surface area contributed by atoms with Crippen LogP contribution in [0.2, 0.25) is 10.0 Å². The predicted octanol–water partition coefficient (Wildman–Crippen LogP) is 2.84. The van der Waals surface area contributed by atoms with Gasteiger partial charge in [-0.3, -0.25) is 20.4 Å². The molecule has 6 nitrogen and oxygen atoms in total. The standard InChI is InChI=1S/C15H14Cl2FN3O3/c1-8(9-5-12(18)11(17)6-10(9)16)19-7-14(22)20-21-15(23)13-3-2-4-24-13/h2-6,8,19H,7H2,1H3,(H,20,22)(H,21,23)/t8-/m1/s1. The highest BCUT2D eigenvalue weighted by Crippen LogP contribution is 2.28. The minimum atomic E-state index is -0.597. The number of hydrazine groups is 1. The Morgan fingerprint density at radius 2 is 2.00 bits per heavy atom. The van der Waals surface area contributed by atoms with Gasteiger partial charge in [-0.25, -0.2) is 4.39 Å². The number of carbonyl (C=O) groups excluding carboxylic acids is 2. The Balaban J connectivity index is 1.83. The van der Waals surface area contributed by atoms with Gasteiger partial charge in [-0.15, -0.1) is 0 Å². The average molecular weight is 374 g/mol. The first-order chi connectivity index (χ1) is 11.4. The molecule has 0 aliphatic rings. The molecule has 0 saturated heterocycles. The Morgan fingerprint density at radius 1 is 1.25 bits per heavy atom. The molecule has 1 heterocycles. The number of hydrogen-bond acceptors (Lipinski definition) is 4. The van der Waals surface area contributed by atoms with E-state index >= 15 is 0 Å². The maximum absolute atomic E-state index is 13.5. The van der Waals surface area contributed by atoms with E-state index in [-0.39, 0.29) is 22.4 Å². The van der Waals surface area contributed by atoms with Crippen molar-refractivity contribution in [1.29, 1.82) is 0 Å². The van der Waals surface area contributed by atoms with E-state index in [1.165, 1.54) is 24.5 Å². The Bertz CT molecular complexity index is 738. The number of halogens is 3. The Hall–Kier alpha value is -2.09. The normalized spacial score (nSPS) is 11.8. The van der Waals surface area contributed by atoms with E-state index < -0.39 is 23.7 Å². The molecule has 0 spiro atoms. The van der Waals surface area contributed by atoms with Crippen molar-refractivity contribution in [3.05, 3.63) is 57.7 Å². The Morgan fingerprint density at radius 3 is 2.67 bits per heavy atom. The van der Waals surface area contributed by atoms with Crippen molar-refractivity contribution in [3.8, 4) is 0 Å². The van der Waals surface area contributed by atoms with Gasteiger partial charge in [0, 0.05) is 11.1 Å². The van der Waals surface area contributed by atoms with Crippen LogP contribution in [0.15, 0.2) is 34.9 Å². The third-order valence-electron chi connectivity index (χ3n) is 3.14. The van der Waals surface area contributed by atoms with E-state index in [4.69, 9.17) is 27.6 Å². The van der Waals surface area contributed by atoms with Crippen molar-refractivity contribution in [1.82, 2.24) is 16.2 Å². The van der Waals surface area contributed by atoms with Crippen LogP contribution in [0.25, 0.3) is 0 Å². The minimum Gasteiger partial charge on any atom is -0.459 e. The van der Waals surface area contributed by atoms with Crippen molar-refractivity contribution in [3.63, 3.8) is 0 Å². The zero-order valence-electron chi connectivity index (χ0n) is 12.5. The van der Waals surface area contributed by atoms with Crippen molar-refractivity contribution >= 4 is 35.0 Å². The molecule has 1 aromatic carbocycles. The molecule has 0 saturated carbocycles. The Kier molecular flexibility index (Phi) is 6.19. The first-order valence-corrected chi connectivity index (χ1v) is 7.64. The summed E-state index contributed by atoms with van der Waals surface area (Å²) in [5.74, 6) is -1.60. The zero-order chi connectivity index (χ0) is 17.7. The van der Waals surface area contributed by atoms with Crippen LogP contribution in [0.5, 0.6) is 0 Å². The molecule has 0 radical (unpaired) electrons. The van der Waals surface area contributed by atoms with Crippen LogP contribution in [-0.4, -0.2) is 18.4 Å². The molecule has 0 aliphatic heterocycles. The third kappa shape index (κ3) is 4.70. The number of rotatable bonds is 5. The molecule has 0 unspecified atom stereocenters. The van der Waals surface area contributed by atoms with Crippen molar-refractivity contribution in [2.75, 3.05) is 6.54 Å². The summed E-state index contributed by atoms with van der Waals surface area (Å²) in [5, 5.41) is 3.07. The van der Waals surface area contributed by atoms with Crippen molar-refractivity contribution < 1.29 is 18.4 Å². The lowest BCUT2D eigenvalue weighted by atomic mass is 10.1. The van der Waals surface area contributed by atoms with E-state index in [1.54, 1.807) is 13.0 Å². The number of amides is 2. The molecule has 128 valence electrons. The highest BCUT2D eigenvalue weighted by atomic mass is 35.5. The highest BCUT2D eigenvalue weighted by molar-refractivity contribution is 6.35. The maximum atomic E-state index is 13.5. The lowest BCUT2D eigenvalue weighted by Gasteiger charge is -2.16. The molecule has 1 atom stereocenters. The summed E-state index contributed by atoms with van der Waals surface area (Å²) in [6.07, 6.45) is 1.34. The summed E-state index contributed by atoms with van der Waals surface area (Å²) in [6.45, 7) is 1.59. The van der Waals surface area contributed by atoms with Crippen LogP contribution < -0.4 is 16.2 Å². The van der Waals surface area contributed by atoms with Crippen LogP contribution in [0.3, 0.4) is 0 Å². The van der Waals surface area contributed by atoms with Crippen LogP contribution in [-0.2, 0) is 4.79 Å². The number of furan rings is 1. The van der Waals surface area contributed by atoms with Crippen LogP contribution >= 0.6 is 23.2 Å². The molecule has 1 aromatic heterocycles. The largest absolute Gasteiger partial charge is 0.459 e. The van der Waals surface area contributed by atoms with Gasteiger partial charge >= 0.3 is 5.91 Å². The van der Waals surface area contributed by atoms with E-state index in [0.29, 0.717) is 5.56 Å². The summed E-state index contributed by atoms with van der Waals surface area (Å²) in [7, 11) is 0. The molecule has 9 heteroatoms. The summed E-state index contributed by atoms with van der Waals surface area (Å²) in [6, 6.07) is 5.11. The first kappa shape index (κ1) is 18.3. The van der Waals surface area contributed by atoms with Gasteiger partial charge in [-0.2, -0.15) is 0 Å². The van der Waals surface area contributed by atoms with Gasteiger partial charge in [-0.1, -0.05) is 23.2 Å². The van der Waals surface area contributed by atoms with Crippen LogP contribution in [0, 0.1) is 5.82 Å². The fraction of sp³-hybridized carbons (Fsp3) is 0.200. The fourth-order valence-electron chi connectivity index (χ4n) is 1.87. The van der Waals surface area contributed by atoms with E-state index in [1.807, 2.05) is 0 Å². The second kappa shape index (κ2) is 8.14. The zero-order valence-corrected chi connectivity index (χ0v) is 14.0. The quantitative estimate of drug-likeness (QED) is 0.555. The maximum Gasteiger partial charge on any atom is 0.305 e. The lowest BCUT2D eigenvalue weighted by Crippen LogP contribution is -2.45. The van der Waals surface area contributed by atoms with Crippen molar-refractivity contribution in [2.24, 2.45) is 0 Å². The molecule has 2 rings (SSSR count). The summed E-state index contributed by atoms with van der Waals surface area (Å²) < 4.78 is 18.4.